The molecule has 2 aromatic carbocycles. The Morgan fingerprint density at radius 2 is 1.84 bits per heavy atom. The molecule has 0 spiro atoms. The summed E-state index contributed by atoms with van der Waals surface area (Å²) in [5.41, 5.74) is 10.4. The van der Waals surface area contributed by atoms with Gasteiger partial charge in [-0.3, -0.25) is 4.79 Å². The summed E-state index contributed by atoms with van der Waals surface area (Å²) in [6.45, 7) is 5.18. The second kappa shape index (κ2) is 8.33. The number of hydrogen-bond donors (Lipinski definition) is 1. The van der Waals surface area contributed by atoms with E-state index < -0.39 is 0 Å². The fourth-order valence-electron chi connectivity index (χ4n) is 4.15. The largest absolute Gasteiger partial charge is 0.383 e. The van der Waals surface area contributed by atoms with Crippen molar-refractivity contribution in [3.8, 4) is 21.7 Å². The van der Waals surface area contributed by atoms with Crippen LogP contribution in [0.5, 0.6) is 0 Å². The van der Waals surface area contributed by atoms with Crippen molar-refractivity contribution in [1.29, 1.82) is 0 Å². The van der Waals surface area contributed by atoms with Crippen molar-refractivity contribution in [2.24, 2.45) is 0 Å². The van der Waals surface area contributed by atoms with E-state index in [0.29, 0.717) is 24.5 Å². The van der Waals surface area contributed by atoms with Crippen LogP contribution in [0.3, 0.4) is 0 Å². The normalized spacial score (nSPS) is 18.8. The standard InChI is InChI=1S/C25H24N4O2S/c1-15-13-29(14-16(2)31-15)25(30)18-7-5-6-17(10-18)19-11-20(23(26)27-12-19)24-28-21-8-3-4-9-22(21)32-24/h3-12,15-16H,13-14H2,1-2H3,(H2,26,27). The van der Waals surface area contributed by atoms with E-state index in [2.05, 4.69) is 4.98 Å². The summed E-state index contributed by atoms with van der Waals surface area (Å²) >= 11 is 1.59. The van der Waals surface area contributed by atoms with E-state index in [1.165, 1.54) is 0 Å². The third kappa shape index (κ3) is 3.97. The number of anilines is 1. The van der Waals surface area contributed by atoms with Gasteiger partial charge < -0.3 is 15.4 Å². The highest BCUT2D eigenvalue weighted by Gasteiger charge is 2.26. The monoisotopic (exact) mass is 444 g/mol. The molecule has 6 nitrogen and oxygen atoms in total. The number of thiazole rings is 1. The van der Waals surface area contributed by atoms with E-state index in [1.807, 2.05) is 73.3 Å². The Morgan fingerprint density at radius 3 is 2.62 bits per heavy atom. The van der Waals surface area contributed by atoms with E-state index in [9.17, 15) is 4.79 Å². The number of aromatic nitrogens is 2. The number of carbonyl (C=O) groups excluding carboxylic acids is 1. The Bertz CT molecular complexity index is 1260. The SMILES string of the molecule is CC1CN(C(=O)c2cccc(-c3cnc(N)c(-c4nc5ccccc5s4)c3)c2)CC(C)O1. The molecule has 1 amide bonds. The highest BCUT2D eigenvalue weighted by molar-refractivity contribution is 7.21. The number of fused-ring (bicyclic) bond motifs is 1. The molecule has 2 atom stereocenters. The smallest absolute Gasteiger partial charge is 0.254 e. The van der Waals surface area contributed by atoms with Crippen molar-refractivity contribution in [2.45, 2.75) is 26.1 Å². The maximum atomic E-state index is 13.1. The fraction of sp³-hybridized carbons (Fsp3) is 0.240. The summed E-state index contributed by atoms with van der Waals surface area (Å²) in [6.07, 6.45) is 1.81. The minimum absolute atomic E-state index is 0.0173. The Kier molecular flexibility index (Phi) is 5.36. The maximum Gasteiger partial charge on any atom is 0.254 e. The molecule has 162 valence electrons. The van der Waals surface area contributed by atoms with Crippen LogP contribution < -0.4 is 5.73 Å². The van der Waals surface area contributed by atoms with Crippen molar-refractivity contribution in [3.63, 3.8) is 0 Å². The Balaban J connectivity index is 1.48. The summed E-state index contributed by atoms with van der Waals surface area (Å²) in [7, 11) is 0. The molecule has 0 bridgehead atoms. The first kappa shape index (κ1) is 20.6. The van der Waals surface area contributed by atoms with Gasteiger partial charge in [0, 0.05) is 30.4 Å². The number of pyridine rings is 1. The third-order valence-corrected chi connectivity index (χ3v) is 6.66. The lowest BCUT2D eigenvalue weighted by atomic mass is 10.0. The minimum Gasteiger partial charge on any atom is -0.383 e. The van der Waals surface area contributed by atoms with Crippen molar-refractivity contribution in [2.75, 3.05) is 18.8 Å². The molecule has 0 radical (unpaired) electrons. The number of carbonyl (C=O) groups is 1. The molecule has 2 unspecified atom stereocenters. The van der Waals surface area contributed by atoms with Gasteiger partial charge in [-0.2, -0.15) is 0 Å². The van der Waals surface area contributed by atoms with Crippen molar-refractivity contribution in [3.05, 3.63) is 66.4 Å². The number of nitrogen functional groups attached to an aromatic ring is 1. The number of rotatable bonds is 3. The molecule has 3 heterocycles. The predicted octanol–water partition coefficient (Wildman–Crippen LogP) is 4.86. The minimum atomic E-state index is 0.0173. The highest BCUT2D eigenvalue weighted by Crippen LogP contribution is 2.35. The van der Waals surface area contributed by atoms with E-state index in [0.717, 1.165) is 31.9 Å². The van der Waals surface area contributed by atoms with Crippen LogP contribution in [0, 0.1) is 0 Å². The van der Waals surface area contributed by atoms with E-state index in [4.69, 9.17) is 15.5 Å². The Hall–Kier alpha value is -3.29. The number of nitrogens with two attached hydrogens (primary N) is 1. The molecular weight excluding hydrogens is 420 g/mol. The molecule has 4 aromatic rings. The Labute approximate surface area is 190 Å². The van der Waals surface area contributed by atoms with E-state index >= 15 is 0 Å². The van der Waals surface area contributed by atoms with Crippen LogP contribution in [-0.4, -0.2) is 46.1 Å². The topological polar surface area (TPSA) is 81.3 Å². The lowest BCUT2D eigenvalue weighted by Crippen LogP contribution is -2.48. The van der Waals surface area contributed by atoms with Gasteiger partial charge in [-0.15, -0.1) is 11.3 Å². The van der Waals surface area contributed by atoms with Crippen molar-refractivity contribution in [1.82, 2.24) is 14.9 Å². The van der Waals surface area contributed by atoms with Crippen LogP contribution in [0.4, 0.5) is 5.82 Å². The zero-order valence-corrected chi connectivity index (χ0v) is 18.8. The maximum absolute atomic E-state index is 13.1. The summed E-state index contributed by atoms with van der Waals surface area (Å²) in [6, 6.07) is 17.7. The molecule has 0 saturated carbocycles. The van der Waals surface area contributed by atoms with Gasteiger partial charge in [0.1, 0.15) is 10.8 Å². The van der Waals surface area contributed by atoms with Gasteiger partial charge in [-0.1, -0.05) is 24.3 Å². The summed E-state index contributed by atoms with van der Waals surface area (Å²) in [5.74, 6) is 0.458. The zero-order valence-electron chi connectivity index (χ0n) is 18.0. The average molecular weight is 445 g/mol. The van der Waals surface area contributed by atoms with Gasteiger partial charge in [0.2, 0.25) is 0 Å². The number of hydrogen-bond acceptors (Lipinski definition) is 6. The van der Waals surface area contributed by atoms with Crippen molar-refractivity contribution >= 4 is 33.3 Å². The number of nitrogens with zero attached hydrogens (tertiary/aromatic N) is 3. The molecule has 2 aromatic heterocycles. The number of ether oxygens (including phenoxy) is 1. The first-order valence-corrected chi connectivity index (χ1v) is 11.5. The molecule has 5 rings (SSSR count). The van der Waals surface area contributed by atoms with Crippen molar-refractivity contribution < 1.29 is 9.53 Å². The predicted molar refractivity (Wildman–Crippen MR) is 129 cm³/mol. The molecule has 2 N–H and O–H groups in total. The van der Waals surface area contributed by atoms with Crippen LogP contribution in [0.25, 0.3) is 31.9 Å². The van der Waals surface area contributed by atoms with E-state index in [-0.39, 0.29) is 18.1 Å². The van der Waals surface area contributed by atoms with Gasteiger partial charge in [-0.25, -0.2) is 9.97 Å². The van der Waals surface area contributed by atoms with E-state index in [1.54, 1.807) is 17.5 Å². The lowest BCUT2D eigenvalue weighted by molar-refractivity contribution is -0.0586. The molecule has 1 aliphatic heterocycles. The number of morpholine rings is 1. The van der Waals surface area contributed by atoms with Gasteiger partial charge in [-0.05, 0) is 49.7 Å². The third-order valence-electron chi connectivity index (χ3n) is 5.59. The zero-order chi connectivity index (χ0) is 22.2. The summed E-state index contributed by atoms with van der Waals surface area (Å²) < 4.78 is 6.87. The van der Waals surface area contributed by atoms with Crippen LogP contribution >= 0.6 is 11.3 Å². The van der Waals surface area contributed by atoms with Gasteiger partial charge >= 0.3 is 0 Å². The molecule has 1 saturated heterocycles. The van der Waals surface area contributed by atoms with Crippen LogP contribution in [-0.2, 0) is 4.74 Å². The van der Waals surface area contributed by atoms with Gasteiger partial charge in [0.05, 0.1) is 28.0 Å². The molecule has 0 aliphatic carbocycles. The Morgan fingerprint density at radius 1 is 1.06 bits per heavy atom. The number of para-hydroxylation sites is 1. The van der Waals surface area contributed by atoms with Gasteiger partial charge in [0.25, 0.3) is 5.91 Å². The van der Waals surface area contributed by atoms with Crippen LogP contribution in [0.1, 0.15) is 24.2 Å². The molecule has 1 aliphatic rings. The van der Waals surface area contributed by atoms with Crippen LogP contribution in [0.2, 0.25) is 0 Å². The second-order valence-corrected chi connectivity index (χ2v) is 9.22. The number of benzene rings is 2. The summed E-state index contributed by atoms with van der Waals surface area (Å²) in [4.78, 5) is 24.2. The molecule has 32 heavy (non-hydrogen) atoms. The van der Waals surface area contributed by atoms with Crippen LogP contribution in [0.15, 0.2) is 60.8 Å². The second-order valence-electron chi connectivity index (χ2n) is 8.19. The average Bonchev–Trinajstić information content (AvgIpc) is 3.22. The summed E-state index contributed by atoms with van der Waals surface area (Å²) in [5, 5.41) is 0.835. The van der Waals surface area contributed by atoms with Gasteiger partial charge in [0.15, 0.2) is 0 Å². The molecule has 1 fully saturated rings. The first-order valence-electron chi connectivity index (χ1n) is 10.6. The fourth-order valence-corrected chi connectivity index (χ4v) is 5.14. The molecular formula is C25H24N4O2S. The number of amides is 1. The lowest BCUT2D eigenvalue weighted by Gasteiger charge is -2.35. The first-order chi connectivity index (χ1) is 15.5. The quantitative estimate of drug-likeness (QED) is 0.488. The highest BCUT2D eigenvalue weighted by atomic mass is 32.1. The molecule has 7 heteroatoms.